The maximum Gasteiger partial charge on any atom is 0.377 e. The van der Waals surface area contributed by atoms with Crippen molar-refractivity contribution in [2.24, 2.45) is 0 Å². The number of methoxy groups -OCH3 is 1. The van der Waals surface area contributed by atoms with Gasteiger partial charge in [-0.1, -0.05) is 22.9 Å². The van der Waals surface area contributed by atoms with Gasteiger partial charge in [-0.15, -0.1) is 5.10 Å². The molecule has 0 amide bonds. The number of benzene rings is 1. The second-order valence-electron chi connectivity index (χ2n) is 4.49. The van der Waals surface area contributed by atoms with E-state index in [9.17, 15) is 4.79 Å². The molecule has 1 atom stereocenters. The first-order valence-corrected chi connectivity index (χ1v) is 7.39. The predicted molar refractivity (Wildman–Crippen MR) is 82.5 cm³/mol. The highest BCUT2D eigenvalue weighted by Crippen LogP contribution is 2.25. The highest BCUT2D eigenvalue weighted by atomic mass is 79.9. The number of hydrogen-bond acceptors (Lipinski definition) is 5. The number of hydrogen-bond donors (Lipinski definition) is 1. The number of nitrogens with one attached hydrogen (secondary N) is 1. The van der Waals surface area contributed by atoms with Crippen LogP contribution in [0.25, 0.3) is 5.69 Å². The smallest absolute Gasteiger partial charge is 0.377 e. The maximum absolute atomic E-state index is 11.5. The summed E-state index contributed by atoms with van der Waals surface area (Å²) in [6, 6.07) is 6.04. The Bertz CT molecular complexity index is 642. The average molecular weight is 353 g/mol. The van der Waals surface area contributed by atoms with E-state index in [4.69, 9.17) is 0 Å². The topological polar surface area (TPSA) is 69.0 Å². The summed E-state index contributed by atoms with van der Waals surface area (Å²) >= 11 is 3.48. The maximum atomic E-state index is 11.5. The number of rotatable bonds is 5. The van der Waals surface area contributed by atoms with Gasteiger partial charge in [0.15, 0.2) is 0 Å². The van der Waals surface area contributed by atoms with E-state index >= 15 is 0 Å². The number of aromatic nitrogens is 3. The summed E-state index contributed by atoms with van der Waals surface area (Å²) in [7, 11) is 1.31. The average Bonchev–Trinajstić information content (AvgIpc) is 2.96. The van der Waals surface area contributed by atoms with Crippen LogP contribution >= 0.6 is 15.9 Å². The normalized spacial score (nSPS) is 12.2. The molecule has 0 saturated carbocycles. The molecule has 21 heavy (non-hydrogen) atoms. The van der Waals surface area contributed by atoms with Crippen molar-refractivity contribution in [2.45, 2.75) is 19.9 Å². The number of esters is 1. The summed E-state index contributed by atoms with van der Waals surface area (Å²) in [5.74, 6) is -0.505. The van der Waals surface area contributed by atoms with Crippen molar-refractivity contribution in [2.75, 3.05) is 13.7 Å². The molecule has 1 aromatic heterocycles. The molecule has 1 heterocycles. The van der Waals surface area contributed by atoms with Crippen LogP contribution in [0.5, 0.6) is 0 Å². The Balaban J connectivity index is 2.43. The molecule has 1 N–H and O–H groups in total. The molecule has 112 valence electrons. The first-order chi connectivity index (χ1) is 10.1. The number of carbonyl (C=O) groups is 1. The quantitative estimate of drug-likeness (QED) is 0.837. The van der Waals surface area contributed by atoms with Crippen molar-refractivity contribution in [1.29, 1.82) is 0 Å². The fraction of sp³-hybridized carbons (Fsp3) is 0.357. The van der Waals surface area contributed by atoms with E-state index < -0.39 is 5.97 Å². The van der Waals surface area contributed by atoms with Crippen LogP contribution in [0.1, 0.15) is 36.1 Å². The molecule has 0 aliphatic heterocycles. The van der Waals surface area contributed by atoms with E-state index in [1.165, 1.54) is 13.4 Å². The molecule has 0 radical (unpaired) electrons. The summed E-state index contributed by atoms with van der Waals surface area (Å²) in [6.07, 6.45) is 1.51. The highest BCUT2D eigenvalue weighted by Gasteiger charge is 2.16. The molecule has 0 fully saturated rings. The number of ether oxygens (including phenoxy) is 1. The van der Waals surface area contributed by atoms with Gasteiger partial charge in [0.2, 0.25) is 0 Å². The predicted octanol–water partition coefficient (Wildman–Crippen LogP) is 2.49. The molecular formula is C14H17BrN4O2. The second-order valence-corrected chi connectivity index (χ2v) is 5.40. The number of nitrogens with zero attached hydrogens (tertiary/aromatic N) is 3. The Morgan fingerprint density at radius 1 is 1.52 bits per heavy atom. The van der Waals surface area contributed by atoms with Gasteiger partial charge in [-0.05, 0) is 37.2 Å². The third kappa shape index (κ3) is 3.48. The standard InChI is InChI=1S/C14H17BrN4O2/c1-4-16-9(2)11-7-10(15)5-6-12(11)19-8-17-13(18-19)14(20)21-3/h5-9,16H,4H2,1-3H3. The van der Waals surface area contributed by atoms with E-state index in [-0.39, 0.29) is 11.9 Å². The first-order valence-electron chi connectivity index (χ1n) is 6.60. The van der Waals surface area contributed by atoms with Gasteiger partial charge in [0, 0.05) is 10.5 Å². The molecular weight excluding hydrogens is 336 g/mol. The molecule has 0 spiro atoms. The fourth-order valence-electron chi connectivity index (χ4n) is 2.06. The Kier molecular flexibility index (Phi) is 5.08. The van der Waals surface area contributed by atoms with Crippen molar-refractivity contribution < 1.29 is 9.53 Å². The van der Waals surface area contributed by atoms with Gasteiger partial charge in [-0.3, -0.25) is 0 Å². The van der Waals surface area contributed by atoms with Gasteiger partial charge >= 0.3 is 5.97 Å². The zero-order valence-corrected chi connectivity index (χ0v) is 13.7. The summed E-state index contributed by atoms with van der Waals surface area (Å²) in [6.45, 7) is 4.99. The molecule has 0 aliphatic carbocycles. The molecule has 2 aromatic rings. The van der Waals surface area contributed by atoms with Crippen LogP contribution in [-0.2, 0) is 4.74 Å². The van der Waals surface area contributed by atoms with Crippen LogP contribution in [0, 0.1) is 0 Å². The van der Waals surface area contributed by atoms with Gasteiger partial charge in [0.05, 0.1) is 12.8 Å². The van der Waals surface area contributed by atoms with Gasteiger partial charge in [0.25, 0.3) is 5.82 Å². The van der Waals surface area contributed by atoms with Crippen LogP contribution in [0.2, 0.25) is 0 Å². The monoisotopic (exact) mass is 352 g/mol. The molecule has 0 aliphatic rings. The summed E-state index contributed by atoms with van der Waals surface area (Å²) in [5, 5.41) is 7.54. The van der Waals surface area contributed by atoms with Gasteiger partial charge in [-0.2, -0.15) is 0 Å². The number of halogens is 1. The van der Waals surface area contributed by atoms with E-state index in [1.54, 1.807) is 4.68 Å². The number of carbonyl (C=O) groups excluding carboxylic acids is 1. The molecule has 0 bridgehead atoms. The zero-order valence-electron chi connectivity index (χ0n) is 12.1. The lowest BCUT2D eigenvalue weighted by Crippen LogP contribution is -2.19. The van der Waals surface area contributed by atoms with Gasteiger partial charge in [-0.25, -0.2) is 14.5 Å². The lowest BCUT2D eigenvalue weighted by Gasteiger charge is -2.17. The second kappa shape index (κ2) is 6.82. The van der Waals surface area contributed by atoms with E-state index in [0.29, 0.717) is 0 Å². The Labute approximate surface area is 131 Å². The van der Waals surface area contributed by atoms with Gasteiger partial charge in [0.1, 0.15) is 6.33 Å². The Morgan fingerprint density at radius 3 is 2.95 bits per heavy atom. The molecule has 1 unspecified atom stereocenters. The minimum absolute atomic E-state index is 0.0440. The van der Waals surface area contributed by atoms with Crippen LogP contribution in [-0.4, -0.2) is 34.4 Å². The van der Waals surface area contributed by atoms with Crippen LogP contribution in [0.4, 0.5) is 0 Å². The molecule has 0 saturated heterocycles. The lowest BCUT2D eigenvalue weighted by atomic mass is 10.1. The molecule has 6 nitrogen and oxygen atoms in total. The summed E-state index contributed by atoms with van der Waals surface area (Å²) in [4.78, 5) is 15.4. The Hall–Kier alpha value is -1.73. The van der Waals surface area contributed by atoms with Crippen LogP contribution in [0.15, 0.2) is 29.0 Å². The van der Waals surface area contributed by atoms with Crippen molar-refractivity contribution >= 4 is 21.9 Å². The van der Waals surface area contributed by atoms with Crippen molar-refractivity contribution in [1.82, 2.24) is 20.1 Å². The minimum Gasteiger partial charge on any atom is -0.463 e. The molecule has 7 heteroatoms. The third-order valence-electron chi connectivity index (χ3n) is 3.07. The summed E-state index contributed by atoms with van der Waals surface area (Å²) in [5.41, 5.74) is 1.93. The van der Waals surface area contributed by atoms with E-state index in [1.807, 2.05) is 18.2 Å². The zero-order chi connectivity index (χ0) is 15.4. The molecule has 1 aromatic carbocycles. The highest BCUT2D eigenvalue weighted by molar-refractivity contribution is 9.10. The van der Waals surface area contributed by atoms with E-state index in [2.05, 4.69) is 49.9 Å². The van der Waals surface area contributed by atoms with Crippen molar-refractivity contribution in [3.05, 3.63) is 40.4 Å². The first kappa shape index (κ1) is 15.7. The van der Waals surface area contributed by atoms with Gasteiger partial charge < -0.3 is 10.1 Å². The summed E-state index contributed by atoms with van der Waals surface area (Å²) < 4.78 is 7.19. The van der Waals surface area contributed by atoms with Crippen molar-refractivity contribution in [3.8, 4) is 5.69 Å². The minimum atomic E-state index is -0.549. The Morgan fingerprint density at radius 2 is 2.29 bits per heavy atom. The van der Waals surface area contributed by atoms with Crippen LogP contribution < -0.4 is 5.32 Å². The SMILES string of the molecule is CCNC(C)c1cc(Br)ccc1-n1cnc(C(=O)OC)n1. The largest absolute Gasteiger partial charge is 0.463 e. The van der Waals surface area contributed by atoms with E-state index in [0.717, 1.165) is 22.3 Å². The third-order valence-corrected chi connectivity index (χ3v) is 3.57. The fourth-order valence-corrected chi connectivity index (χ4v) is 2.44. The van der Waals surface area contributed by atoms with Crippen LogP contribution in [0.3, 0.4) is 0 Å². The molecule has 2 rings (SSSR count). The van der Waals surface area contributed by atoms with Crippen molar-refractivity contribution in [3.63, 3.8) is 0 Å². The lowest BCUT2D eigenvalue weighted by molar-refractivity contribution is 0.0587.